The van der Waals surface area contributed by atoms with E-state index in [4.69, 9.17) is 5.11 Å². The van der Waals surface area contributed by atoms with Gasteiger partial charge in [0.25, 0.3) is 0 Å². The Kier molecular flexibility index (Phi) is 3.73. The van der Waals surface area contributed by atoms with E-state index in [-0.39, 0.29) is 0 Å². The topological polar surface area (TPSA) is 29.0 Å². The predicted octanol–water partition coefficient (Wildman–Crippen LogP) is 1.24. The van der Waals surface area contributed by atoms with Crippen LogP contribution in [0.15, 0.2) is 49.1 Å². The summed E-state index contributed by atoms with van der Waals surface area (Å²) in [5.41, 5.74) is 0. The Hall–Kier alpha value is -1.77. The highest BCUT2D eigenvalue weighted by Gasteiger charge is 1.87. The molecule has 14 heavy (non-hydrogen) atoms. The highest BCUT2D eigenvalue weighted by molar-refractivity contribution is 5.18. The molecule has 0 atom stereocenters. The van der Waals surface area contributed by atoms with Gasteiger partial charge in [-0.25, -0.2) is 9.13 Å². The number of para-hydroxylation sites is 1. The number of aromatic hydroxyl groups is 1. The van der Waals surface area contributed by atoms with Crippen LogP contribution >= 0.6 is 0 Å². The number of benzene rings is 1. The number of imidazole rings is 1. The van der Waals surface area contributed by atoms with Crippen LogP contribution in [0, 0.1) is 0 Å². The maximum Gasteiger partial charge on any atom is 0.243 e. The maximum atomic E-state index is 8.63. The Morgan fingerprint density at radius 1 is 1.21 bits per heavy atom. The van der Waals surface area contributed by atoms with E-state index in [0.29, 0.717) is 5.75 Å². The molecular weight excluding hydrogens is 176 g/mol. The Labute approximate surface area is 83.9 Å². The molecule has 1 aromatic heterocycles. The van der Waals surface area contributed by atoms with Crippen molar-refractivity contribution in [3.8, 4) is 5.75 Å². The molecule has 0 saturated heterocycles. The lowest BCUT2D eigenvalue weighted by molar-refractivity contribution is -0.670. The maximum absolute atomic E-state index is 8.63. The summed E-state index contributed by atoms with van der Waals surface area (Å²) in [6, 6.07) is 8.71. The number of hydrogen-bond acceptors (Lipinski definition) is 1. The number of phenols is 1. The highest BCUT2D eigenvalue weighted by atomic mass is 16.3. The molecule has 0 fully saturated rings. The van der Waals surface area contributed by atoms with Gasteiger partial charge in [0.1, 0.15) is 18.1 Å². The Balaban J connectivity index is 0.000000140. The Bertz CT molecular complexity index is 351. The van der Waals surface area contributed by atoms with Crippen LogP contribution in [0.5, 0.6) is 5.75 Å². The van der Waals surface area contributed by atoms with Gasteiger partial charge < -0.3 is 5.11 Å². The molecule has 1 heterocycles. The van der Waals surface area contributed by atoms with Crippen LogP contribution in [0.25, 0.3) is 0 Å². The highest BCUT2D eigenvalue weighted by Crippen LogP contribution is 2.02. The summed E-state index contributed by atoms with van der Waals surface area (Å²) in [6.07, 6.45) is 6.00. The Morgan fingerprint density at radius 3 is 2.07 bits per heavy atom. The van der Waals surface area contributed by atoms with E-state index in [1.807, 2.05) is 48.0 Å². The van der Waals surface area contributed by atoms with Gasteiger partial charge in [-0.15, -0.1) is 0 Å². The molecule has 0 radical (unpaired) electrons. The molecule has 0 spiro atoms. The van der Waals surface area contributed by atoms with Gasteiger partial charge in [0.15, 0.2) is 0 Å². The zero-order chi connectivity index (χ0) is 10.4. The molecule has 2 rings (SSSR count). The van der Waals surface area contributed by atoms with E-state index in [1.54, 1.807) is 24.3 Å². The van der Waals surface area contributed by atoms with Gasteiger partial charge in [0.05, 0.1) is 14.1 Å². The van der Waals surface area contributed by atoms with Gasteiger partial charge in [0.2, 0.25) is 6.33 Å². The normalized spacial score (nSPS) is 9.00. The molecule has 0 unspecified atom stereocenters. The van der Waals surface area contributed by atoms with Crippen LogP contribution in [0.2, 0.25) is 0 Å². The number of rotatable bonds is 0. The number of hydrogen-bond donors (Lipinski definition) is 1. The van der Waals surface area contributed by atoms with Crippen molar-refractivity contribution in [2.45, 2.75) is 0 Å². The fourth-order valence-electron chi connectivity index (χ4n) is 1.00. The number of phenolic OH excluding ortho intramolecular Hbond substituents is 1. The van der Waals surface area contributed by atoms with Crippen LogP contribution in [-0.4, -0.2) is 9.67 Å². The SMILES string of the molecule is Cn1cc[n+](C)c1.Oc1ccccc1. The number of aromatic nitrogens is 2. The van der Waals surface area contributed by atoms with Crippen LogP contribution in [0.1, 0.15) is 0 Å². The van der Waals surface area contributed by atoms with E-state index in [2.05, 4.69) is 0 Å². The average molecular weight is 191 g/mol. The lowest BCUT2D eigenvalue weighted by Crippen LogP contribution is -2.23. The third kappa shape index (κ3) is 3.76. The molecule has 0 aliphatic heterocycles. The standard InChI is InChI=1S/C6H6O.C5H9N2/c7-6-4-2-1-3-5-6;1-6-3-4-7(2)5-6/h1-5,7H;3-5H,1-2H3/q;+1. The summed E-state index contributed by atoms with van der Waals surface area (Å²) in [6.45, 7) is 0. The van der Waals surface area contributed by atoms with Crippen molar-refractivity contribution < 1.29 is 9.67 Å². The first kappa shape index (κ1) is 10.3. The molecule has 1 N–H and O–H groups in total. The van der Waals surface area contributed by atoms with E-state index >= 15 is 0 Å². The van der Waals surface area contributed by atoms with E-state index in [0.717, 1.165) is 0 Å². The van der Waals surface area contributed by atoms with Crippen molar-refractivity contribution in [1.82, 2.24) is 4.57 Å². The second-order valence-corrected chi connectivity index (χ2v) is 3.08. The molecule has 0 saturated carbocycles. The third-order valence-corrected chi connectivity index (χ3v) is 1.66. The zero-order valence-electron chi connectivity index (χ0n) is 8.46. The van der Waals surface area contributed by atoms with Crippen LogP contribution in [-0.2, 0) is 14.1 Å². The average Bonchev–Trinajstić information content (AvgIpc) is 2.52. The van der Waals surface area contributed by atoms with Crippen LogP contribution in [0.3, 0.4) is 0 Å². The Morgan fingerprint density at radius 2 is 1.86 bits per heavy atom. The van der Waals surface area contributed by atoms with Crippen molar-refractivity contribution >= 4 is 0 Å². The monoisotopic (exact) mass is 191 g/mol. The molecule has 2 aromatic rings. The van der Waals surface area contributed by atoms with Gasteiger partial charge >= 0.3 is 0 Å². The molecule has 0 aliphatic carbocycles. The molecular formula is C11H15N2O+. The molecule has 74 valence electrons. The van der Waals surface area contributed by atoms with Crippen molar-refractivity contribution in [3.05, 3.63) is 49.1 Å². The largest absolute Gasteiger partial charge is 0.508 e. The first-order valence-corrected chi connectivity index (χ1v) is 4.39. The minimum atomic E-state index is 0.322. The zero-order valence-corrected chi connectivity index (χ0v) is 8.46. The first-order chi connectivity index (χ1) is 6.68. The molecule has 0 aliphatic rings. The van der Waals surface area contributed by atoms with Crippen molar-refractivity contribution in [2.75, 3.05) is 0 Å². The fourth-order valence-corrected chi connectivity index (χ4v) is 1.00. The lowest BCUT2D eigenvalue weighted by atomic mass is 10.3. The van der Waals surface area contributed by atoms with Gasteiger partial charge in [0, 0.05) is 0 Å². The lowest BCUT2D eigenvalue weighted by Gasteiger charge is -1.82. The number of aryl methyl sites for hydroxylation is 2. The summed E-state index contributed by atoms with van der Waals surface area (Å²) >= 11 is 0. The molecule has 3 heteroatoms. The smallest absolute Gasteiger partial charge is 0.243 e. The summed E-state index contributed by atoms with van der Waals surface area (Å²) in [5.74, 6) is 0.322. The van der Waals surface area contributed by atoms with E-state index < -0.39 is 0 Å². The minimum absolute atomic E-state index is 0.322. The molecule has 0 amide bonds. The van der Waals surface area contributed by atoms with Crippen LogP contribution in [0.4, 0.5) is 0 Å². The van der Waals surface area contributed by atoms with Crippen molar-refractivity contribution in [1.29, 1.82) is 0 Å². The summed E-state index contributed by atoms with van der Waals surface area (Å²) in [7, 11) is 4.00. The van der Waals surface area contributed by atoms with E-state index in [1.165, 1.54) is 0 Å². The second kappa shape index (κ2) is 5.07. The molecule has 3 nitrogen and oxygen atoms in total. The summed E-state index contributed by atoms with van der Waals surface area (Å²) < 4.78 is 4.00. The van der Waals surface area contributed by atoms with Gasteiger partial charge in [-0.3, -0.25) is 0 Å². The van der Waals surface area contributed by atoms with Gasteiger partial charge in [-0.05, 0) is 12.1 Å². The van der Waals surface area contributed by atoms with Crippen LogP contribution < -0.4 is 4.57 Å². The van der Waals surface area contributed by atoms with Crippen molar-refractivity contribution in [3.63, 3.8) is 0 Å². The molecule has 0 bridgehead atoms. The van der Waals surface area contributed by atoms with Gasteiger partial charge in [-0.1, -0.05) is 18.2 Å². The first-order valence-electron chi connectivity index (χ1n) is 4.39. The van der Waals surface area contributed by atoms with Crippen molar-refractivity contribution in [2.24, 2.45) is 14.1 Å². The summed E-state index contributed by atoms with van der Waals surface area (Å²) in [5, 5.41) is 8.63. The van der Waals surface area contributed by atoms with Gasteiger partial charge in [-0.2, -0.15) is 0 Å². The number of nitrogens with zero attached hydrogens (tertiary/aromatic N) is 2. The second-order valence-electron chi connectivity index (χ2n) is 3.08. The third-order valence-electron chi connectivity index (χ3n) is 1.66. The van der Waals surface area contributed by atoms with E-state index in [9.17, 15) is 0 Å². The quantitative estimate of drug-likeness (QED) is 0.624. The fraction of sp³-hybridized carbons (Fsp3) is 0.182. The minimum Gasteiger partial charge on any atom is -0.508 e. The molecule has 1 aromatic carbocycles. The summed E-state index contributed by atoms with van der Waals surface area (Å²) in [4.78, 5) is 0. The predicted molar refractivity (Wildman–Crippen MR) is 54.7 cm³/mol.